The molecule has 0 amide bonds. The van der Waals surface area contributed by atoms with Crippen LogP contribution in [0.4, 0.5) is 0 Å². The van der Waals surface area contributed by atoms with Crippen molar-refractivity contribution in [2.24, 2.45) is 0 Å². The van der Waals surface area contributed by atoms with Crippen LogP contribution < -0.4 is 9.47 Å². The Labute approximate surface area is 156 Å². The van der Waals surface area contributed by atoms with E-state index in [1.54, 1.807) is 59.6 Å². The number of hydrogen-bond acceptors (Lipinski definition) is 6. The Morgan fingerprint density at radius 1 is 0.583 bits per heavy atom. The van der Waals surface area contributed by atoms with Crippen molar-refractivity contribution in [2.45, 2.75) is 0 Å². The molecule has 2 nitrogen and oxygen atoms in total. The van der Waals surface area contributed by atoms with Crippen molar-refractivity contribution >= 4 is 45.3 Å². The quantitative estimate of drug-likeness (QED) is 0.367. The molecule has 6 heteroatoms. The molecular weight excluding hydrogens is 376 g/mol. The van der Waals surface area contributed by atoms with E-state index in [2.05, 4.69) is 35.0 Å². The SMILES string of the molecule is COc1ccsc1-c1ccc(-c2ccc(-c3sccc3OC)s2)s1. The normalized spacial score (nSPS) is 10.9. The summed E-state index contributed by atoms with van der Waals surface area (Å²) in [6, 6.07) is 12.8. The molecule has 0 saturated carbocycles. The van der Waals surface area contributed by atoms with Gasteiger partial charge in [-0.25, -0.2) is 0 Å². The average molecular weight is 391 g/mol. The first kappa shape index (κ1) is 15.9. The molecule has 0 unspecified atom stereocenters. The molecule has 4 rings (SSSR count). The summed E-state index contributed by atoms with van der Waals surface area (Å²) in [6.45, 7) is 0. The van der Waals surface area contributed by atoms with Gasteiger partial charge in [-0.3, -0.25) is 0 Å². The first-order chi connectivity index (χ1) is 11.8. The van der Waals surface area contributed by atoms with Crippen molar-refractivity contribution in [1.29, 1.82) is 0 Å². The summed E-state index contributed by atoms with van der Waals surface area (Å²) in [7, 11) is 3.44. The van der Waals surface area contributed by atoms with Gasteiger partial charge in [0, 0.05) is 19.5 Å². The van der Waals surface area contributed by atoms with Crippen LogP contribution >= 0.6 is 45.3 Å². The third-order valence-corrected chi connectivity index (χ3v) is 8.12. The standard InChI is InChI=1S/C18H14O2S4/c1-19-11-7-9-21-17(11)15-5-3-13(23-15)14-4-6-16(24-14)18-12(20-2)8-10-22-18/h3-10H,1-2H3. The third-order valence-electron chi connectivity index (χ3n) is 3.60. The maximum atomic E-state index is 5.44. The zero-order chi connectivity index (χ0) is 16.5. The minimum absolute atomic E-state index is 0.948. The summed E-state index contributed by atoms with van der Waals surface area (Å²) in [4.78, 5) is 7.47. The number of methoxy groups -OCH3 is 2. The van der Waals surface area contributed by atoms with Gasteiger partial charge in [0.1, 0.15) is 11.5 Å². The molecule has 0 bridgehead atoms. The molecule has 0 aliphatic heterocycles. The van der Waals surface area contributed by atoms with Gasteiger partial charge >= 0.3 is 0 Å². The first-order valence-electron chi connectivity index (χ1n) is 7.24. The van der Waals surface area contributed by atoms with Gasteiger partial charge in [0.15, 0.2) is 0 Å². The van der Waals surface area contributed by atoms with Gasteiger partial charge < -0.3 is 9.47 Å². The third kappa shape index (κ3) is 2.80. The van der Waals surface area contributed by atoms with E-state index in [4.69, 9.17) is 9.47 Å². The fourth-order valence-corrected chi connectivity index (χ4v) is 6.55. The Balaban J connectivity index is 1.66. The summed E-state index contributed by atoms with van der Waals surface area (Å²) < 4.78 is 10.9. The van der Waals surface area contributed by atoms with E-state index >= 15 is 0 Å². The minimum atomic E-state index is 0.948. The Morgan fingerprint density at radius 3 is 1.42 bits per heavy atom. The predicted octanol–water partition coefficient (Wildman–Crippen LogP) is 6.95. The summed E-state index contributed by atoms with van der Waals surface area (Å²) in [5, 5.41) is 4.14. The topological polar surface area (TPSA) is 18.5 Å². The van der Waals surface area contributed by atoms with Gasteiger partial charge in [0.25, 0.3) is 0 Å². The number of thiophene rings is 4. The van der Waals surface area contributed by atoms with Crippen molar-refractivity contribution in [3.63, 3.8) is 0 Å². The number of rotatable bonds is 5. The van der Waals surface area contributed by atoms with Gasteiger partial charge in [-0.15, -0.1) is 45.3 Å². The molecule has 0 atom stereocenters. The van der Waals surface area contributed by atoms with Crippen LogP contribution in [-0.4, -0.2) is 14.2 Å². The molecular formula is C18H14O2S4. The molecule has 0 N–H and O–H groups in total. The Bertz CT molecular complexity index is 879. The van der Waals surface area contributed by atoms with Gasteiger partial charge in [-0.2, -0.15) is 0 Å². The summed E-state index contributed by atoms with van der Waals surface area (Å²) in [6.07, 6.45) is 0. The molecule has 0 aliphatic rings. The Hall–Kier alpha value is -1.60. The lowest BCUT2D eigenvalue weighted by Gasteiger charge is -1.99. The second-order valence-electron chi connectivity index (χ2n) is 4.96. The first-order valence-corrected chi connectivity index (χ1v) is 10.6. The van der Waals surface area contributed by atoms with E-state index in [1.807, 2.05) is 12.1 Å². The molecule has 0 fully saturated rings. The van der Waals surface area contributed by atoms with Crippen LogP contribution in [0.2, 0.25) is 0 Å². The largest absolute Gasteiger partial charge is 0.495 e. The van der Waals surface area contributed by atoms with Crippen LogP contribution in [0.1, 0.15) is 0 Å². The highest BCUT2D eigenvalue weighted by atomic mass is 32.1. The van der Waals surface area contributed by atoms with E-state index in [0.717, 1.165) is 11.5 Å². The Morgan fingerprint density at radius 2 is 1.00 bits per heavy atom. The second-order valence-corrected chi connectivity index (χ2v) is 8.96. The summed E-state index contributed by atoms with van der Waals surface area (Å²) in [5.74, 6) is 1.90. The zero-order valence-electron chi connectivity index (χ0n) is 13.1. The predicted molar refractivity (Wildman–Crippen MR) is 107 cm³/mol. The van der Waals surface area contributed by atoms with Crippen LogP contribution in [0.25, 0.3) is 29.3 Å². The molecule has 0 radical (unpaired) electrons. The van der Waals surface area contributed by atoms with Crippen LogP contribution in [-0.2, 0) is 0 Å². The lowest BCUT2D eigenvalue weighted by Crippen LogP contribution is -1.79. The highest BCUT2D eigenvalue weighted by molar-refractivity contribution is 7.28. The van der Waals surface area contributed by atoms with Gasteiger partial charge in [-0.05, 0) is 47.2 Å². The number of hydrogen-bond donors (Lipinski definition) is 0. The fraction of sp³-hybridized carbons (Fsp3) is 0.111. The minimum Gasteiger partial charge on any atom is -0.495 e. The van der Waals surface area contributed by atoms with E-state index in [1.165, 1.54) is 29.3 Å². The van der Waals surface area contributed by atoms with Crippen LogP contribution in [0.3, 0.4) is 0 Å². The molecule has 122 valence electrons. The van der Waals surface area contributed by atoms with E-state index < -0.39 is 0 Å². The molecule has 4 aromatic heterocycles. The van der Waals surface area contributed by atoms with E-state index in [-0.39, 0.29) is 0 Å². The zero-order valence-corrected chi connectivity index (χ0v) is 16.3. The monoisotopic (exact) mass is 390 g/mol. The van der Waals surface area contributed by atoms with Gasteiger partial charge in [0.05, 0.1) is 24.0 Å². The van der Waals surface area contributed by atoms with Crippen LogP contribution in [0, 0.1) is 0 Å². The van der Waals surface area contributed by atoms with Crippen LogP contribution in [0.5, 0.6) is 11.5 Å². The molecule has 24 heavy (non-hydrogen) atoms. The van der Waals surface area contributed by atoms with Crippen LogP contribution in [0.15, 0.2) is 47.2 Å². The van der Waals surface area contributed by atoms with Crippen molar-refractivity contribution < 1.29 is 9.47 Å². The fourth-order valence-electron chi connectivity index (χ4n) is 2.46. The lowest BCUT2D eigenvalue weighted by molar-refractivity contribution is 0.418. The average Bonchev–Trinajstić information content (AvgIpc) is 3.40. The molecule has 0 spiro atoms. The second kappa shape index (κ2) is 6.72. The maximum absolute atomic E-state index is 5.44. The molecule has 4 aromatic rings. The van der Waals surface area contributed by atoms with Gasteiger partial charge in [-0.1, -0.05) is 0 Å². The highest BCUT2D eigenvalue weighted by Crippen LogP contribution is 2.46. The lowest BCUT2D eigenvalue weighted by atomic mass is 10.3. The number of ether oxygens (including phenoxy) is 2. The summed E-state index contributed by atoms with van der Waals surface area (Å²) in [5.41, 5.74) is 0. The van der Waals surface area contributed by atoms with Crippen molar-refractivity contribution in [3.05, 3.63) is 47.2 Å². The molecule has 4 heterocycles. The van der Waals surface area contributed by atoms with Crippen molar-refractivity contribution in [3.8, 4) is 40.8 Å². The van der Waals surface area contributed by atoms with E-state index in [0.29, 0.717) is 0 Å². The Kier molecular flexibility index (Phi) is 4.45. The van der Waals surface area contributed by atoms with Crippen molar-refractivity contribution in [1.82, 2.24) is 0 Å². The van der Waals surface area contributed by atoms with Gasteiger partial charge in [0.2, 0.25) is 0 Å². The smallest absolute Gasteiger partial charge is 0.138 e. The molecule has 0 aliphatic carbocycles. The van der Waals surface area contributed by atoms with Crippen molar-refractivity contribution in [2.75, 3.05) is 14.2 Å². The summed E-state index contributed by atoms with van der Waals surface area (Å²) >= 11 is 7.05. The maximum Gasteiger partial charge on any atom is 0.138 e. The van der Waals surface area contributed by atoms with E-state index in [9.17, 15) is 0 Å². The molecule has 0 aromatic carbocycles. The molecule has 0 saturated heterocycles. The highest BCUT2D eigenvalue weighted by Gasteiger charge is 2.14.